The molecule has 0 fully saturated rings. The summed E-state index contributed by atoms with van der Waals surface area (Å²) < 4.78 is 27.6. The van der Waals surface area contributed by atoms with Gasteiger partial charge in [0.1, 0.15) is 0 Å². The molecule has 0 aliphatic heterocycles. The zero-order valence-corrected chi connectivity index (χ0v) is 20.4. The van der Waals surface area contributed by atoms with E-state index in [0.29, 0.717) is 6.42 Å². The number of aryl methyl sites for hydroxylation is 1. The highest BCUT2D eigenvalue weighted by atomic mass is 35.5. The molecule has 0 aliphatic carbocycles. The first-order valence-electron chi connectivity index (χ1n) is 10.5. The predicted molar refractivity (Wildman–Crippen MR) is 134 cm³/mol. The fourth-order valence-corrected chi connectivity index (χ4v) is 4.72. The zero-order chi connectivity index (χ0) is 25.4. The molecule has 0 atom stereocenters. The topological polar surface area (TPSA) is 122 Å². The monoisotopic (exact) mass is 514 g/mol. The highest BCUT2D eigenvalue weighted by molar-refractivity contribution is 7.89. The quantitative estimate of drug-likeness (QED) is 0.249. The van der Waals surface area contributed by atoms with E-state index in [4.69, 9.17) is 11.6 Å². The Morgan fingerprint density at radius 1 is 1.11 bits per heavy atom. The largest absolute Gasteiger partial charge is 0.272 e. The molecule has 11 heteroatoms. The maximum absolute atomic E-state index is 13.3. The van der Waals surface area contributed by atoms with Crippen molar-refractivity contribution < 1.29 is 18.1 Å². The number of carbonyl (C=O) groups is 1. The first kappa shape index (κ1) is 26.0. The number of non-ortho nitro benzene ring substituents is 1. The molecule has 0 aliphatic rings. The van der Waals surface area contributed by atoms with Gasteiger partial charge in [-0.05, 0) is 37.1 Å². The van der Waals surface area contributed by atoms with Crippen LogP contribution in [-0.2, 0) is 21.2 Å². The van der Waals surface area contributed by atoms with Crippen molar-refractivity contribution in [2.24, 2.45) is 5.10 Å². The molecule has 0 saturated carbocycles. The van der Waals surface area contributed by atoms with Crippen LogP contribution in [0.15, 0.2) is 82.8 Å². The molecule has 35 heavy (non-hydrogen) atoms. The van der Waals surface area contributed by atoms with Crippen LogP contribution in [0.25, 0.3) is 0 Å². The Labute approximate surface area is 208 Å². The van der Waals surface area contributed by atoms with E-state index in [1.165, 1.54) is 30.3 Å². The lowest BCUT2D eigenvalue weighted by molar-refractivity contribution is -0.384. The molecule has 3 aromatic rings. The molecule has 0 unspecified atom stereocenters. The van der Waals surface area contributed by atoms with Gasteiger partial charge in [0.2, 0.25) is 10.0 Å². The van der Waals surface area contributed by atoms with E-state index < -0.39 is 27.4 Å². The average Bonchev–Trinajstić information content (AvgIpc) is 2.83. The number of nitrogens with zero attached hydrogens (tertiary/aromatic N) is 3. The number of sulfonamides is 1. The summed E-state index contributed by atoms with van der Waals surface area (Å²) in [4.78, 5) is 23.0. The van der Waals surface area contributed by atoms with Crippen molar-refractivity contribution in [2.45, 2.75) is 18.2 Å². The molecule has 0 radical (unpaired) electrons. The SMILES string of the molecule is Cc1ccc(S(=O)(=O)N(CCc2ccccc2)CC(=O)N/N=C\c2cc([N+](=O)[O-])ccc2Cl)cc1. The zero-order valence-electron chi connectivity index (χ0n) is 18.8. The third kappa shape index (κ3) is 7.19. The van der Waals surface area contributed by atoms with Crippen molar-refractivity contribution in [3.05, 3.63) is 105 Å². The minimum atomic E-state index is -3.96. The number of halogens is 1. The van der Waals surface area contributed by atoms with Crippen molar-refractivity contribution >= 4 is 39.4 Å². The number of nitro groups is 1. The molecular formula is C24H23ClN4O5S. The Morgan fingerprint density at radius 2 is 1.80 bits per heavy atom. The Balaban J connectivity index is 1.75. The van der Waals surface area contributed by atoms with Crippen molar-refractivity contribution in [1.29, 1.82) is 0 Å². The van der Waals surface area contributed by atoms with Crippen molar-refractivity contribution in [3.63, 3.8) is 0 Å². The van der Waals surface area contributed by atoms with E-state index in [1.54, 1.807) is 12.1 Å². The Hall–Kier alpha value is -3.60. The summed E-state index contributed by atoms with van der Waals surface area (Å²) >= 11 is 6.02. The van der Waals surface area contributed by atoms with E-state index in [2.05, 4.69) is 10.5 Å². The van der Waals surface area contributed by atoms with Gasteiger partial charge in [0.15, 0.2) is 0 Å². The van der Waals surface area contributed by atoms with Crippen LogP contribution >= 0.6 is 11.6 Å². The first-order valence-corrected chi connectivity index (χ1v) is 12.4. The summed E-state index contributed by atoms with van der Waals surface area (Å²) in [6.07, 6.45) is 1.57. The number of nitro benzene ring substituents is 1. The first-order chi connectivity index (χ1) is 16.7. The van der Waals surface area contributed by atoms with Crippen LogP contribution in [0.2, 0.25) is 5.02 Å². The summed E-state index contributed by atoms with van der Waals surface area (Å²) in [5.74, 6) is -0.674. The maximum atomic E-state index is 13.3. The second-order valence-electron chi connectivity index (χ2n) is 7.64. The van der Waals surface area contributed by atoms with Crippen LogP contribution in [0.3, 0.4) is 0 Å². The number of rotatable bonds is 10. The van der Waals surface area contributed by atoms with E-state index in [0.717, 1.165) is 21.6 Å². The molecule has 9 nitrogen and oxygen atoms in total. The summed E-state index contributed by atoms with van der Waals surface area (Å²) in [7, 11) is -3.96. The van der Waals surface area contributed by atoms with Gasteiger partial charge in [-0.2, -0.15) is 9.41 Å². The Kier molecular flexibility index (Phi) is 8.69. The number of hydrogen-bond donors (Lipinski definition) is 1. The third-order valence-corrected chi connectivity index (χ3v) is 7.26. The maximum Gasteiger partial charge on any atom is 0.270 e. The van der Waals surface area contributed by atoms with Gasteiger partial charge < -0.3 is 0 Å². The lowest BCUT2D eigenvalue weighted by Crippen LogP contribution is -2.40. The summed E-state index contributed by atoms with van der Waals surface area (Å²) in [6, 6.07) is 19.5. The minimum absolute atomic E-state index is 0.0774. The lowest BCUT2D eigenvalue weighted by Gasteiger charge is -2.21. The van der Waals surface area contributed by atoms with Crippen LogP contribution < -0.4 is 5.43 Å². The smallest absolute Gasteiger partial charge is 0.270 e. The molecule has 1 N–H and O–H groups in total. The van der Waals surface area contributed by atoms with Crippen molar-refractivity contribution in [2.75, 3.05) is 13.1 Å². The second-order valence-corrected chi connectivity index (χ2v) is 9.99. The summed E-state index contributed by atoms with van der Waals surface area (Å²) in [6.45, 7) is 1.46. The van der Waals surface area contributed by atoms with Crippen LogP contribution in [0.4, 0.5) is 5.69 Å². The van der Waals surface area contributed by atoms with E-state index in [9.17, 15) is 23.3 Å². The van der Waals surface area contributed by atoms with E-state index >= 15 is 0 Å². The van der Waals surface area contributed by atoms with Crippen LogP contribution in [0, 0.1) is 17.0 Å². The number of amides is 1. The van der Waals surface area contributed by atoms with Gasteiger partial charge in [-0.15, -0.1) is 0 Å². The Morgan fingerprint density at radius 3 is 2.46 bits per heavy atom. The fraction of sp³-hybridized carbons (Fsp3) is 0.167. The molecule has 0 bridgehead atoms. The Bertz CT molecular complexity index is 1330. The van der Waals surface area contributed by atoms with Gasteiger partial charge in [0.05, 0.1) is 22.6 Å². The van der Waals surface area contributed by atoms with Gasteiger partial charge in [-0.3, -0.25) is 14.9 Å². The van der Waals surface area contributed by atoms with Crippen molar-refractivity contribution in [1.82, 2.24) is 9.73 Å². The molecule has 0 saturated heterocycles. The van der Waals surface area contributed by atoms with Crippen LogP contribution in [-0.4, -0.2) is 42.9 Å². The second kappa shape index (κ2) is 11.7. The van der Waals surface area contributed by atoms with Crippen LogP contribution in [0.1, 0.15) is 16.7 Å². The number of hydrogen-bond acceptors (Lipinski definition) is 6. The van der Waals surface area contributed by atoms with Gasteiger partial charge >= 0.3 is 0 Å². The molecule has 0 spiro atoms. The van der Waals surface area contributed by atoms with Crippen molar-refractivity contribution in [3.8, 4) is 0 Å². The third-order valence-electron chi connectivity index (χ3n) is 5.05. The summed E-state index contributed by atoms with van der Waals surface area (Å²) in [5.41, 5.74) is 4.15. The van der Waals surface area contributed by atoms with Gasteiger partial charge in [-0.1, -0.05) is 59.6 Å². The van der Waals surface area contributed by atoms with Gasteiger partial charge in [0, 0.05) is 29.3 Å². The fourth-order valence-electron chi connectivity index (χ4n) is 3.15. The van der Waals surface area contributed by atoms with Gasteiger partial charge in [-0.25, -0.2) is 13.8 Å². The minimum Gasteiger partial charge on any atom is -0.272 e. The molecule has 0 aromatic heterocycles. The normalized spacial score (nSPS) is 11.6. The molecule has 3 rings (SSSR count). The molecule has 1 amide bonds. The highest BCUT2D eigenvalue weighted by Gasteiger charge is 2.26. The number of hydrazone groups is 1. The van der Waals surface area contributed by atoms with Crippen LogP contribution in [0.5, 0.6) is 0 Å². The molecule has 3 aromatic carbocycles. The molecule has 0 heterocycles. The highest BCUT2D eigenvalue weighted by Crippen LogP contribution is 2.20. The number of nitrogens with one attached hydrogen (secondary N) is 1. The standard InChI is InChI=1S/C24H23ClN4O5S/c1-18-7-10-22(11-8-18)35(33,34)28(14-13-19-5-3-2-4-6-19)17-24(30)27-26-16-20-15-21(29(31)32)9-12-23(20)25/h2-12,15-16H,13-14,17H2,1H3,(H,27,30)/b26-16-. The van der Waals surface area contributed by atoms with Gasteiger partial charge in [0.25, 0.3) is 11.6 Å². The predicted octanol–water partition coefficient (Wildman–Crippen LogP) is 3.94. The average molecular weight is 515 g/mol. The molecule has 182 valence electrons. The number of carbonyl (C=O) groups excluding carboxylic acids is 1. The number of benzene rings is 3. The molecular weight excluding hydrogens is 492 g/mol. The lowest BCUT2D eigenvalue weighted by atomic mass is 10.1. The summed E-state index contributed by atoms with van der Waals surface area (Å²) in [5, 5.41) is 14.9. The van der Waals surface area contributed by atoms with E-state index in [1.807, 2.05) is 37.3 Å². The van der Waals surface area contributed by atoms with E-state index in [-0.39, 0.29) is 27.7 Å².